The summed E-state index contributed by atoms with van der Waals surface area (Å²) >= 11 is 0. The number of nitro benzene ring substituents is 1. The van der Waals surface area contributed by atoms with Gasteiger partial charge in [-0.3, -0.25) is 10.1 Å². The maximum Gasteiger partial charge on any atom is 0.282 e. The van der Waals surface area contributed by atoms with E-state index < -0.39 is 11.0 Å². The lowest BCUT2D eigenvalue weighted by atomic mass is 10.2. The predicted octanol–water partition coefficient (Wildman–Crippen LogP) is 1.70. The van der Waals surface area contributed by atoms with Crippen LogP contribution in [0.25, 0.3) is 11.5 Å². The van der Waals surface area contributed by atoms with Crippen LogP contribution in [0.4, 0.5) is 5.69 Å². The van der Waals surface area contributed by atoms with Crippen molar-refractivity contribution in [2.45, 2.75) is 13.0 Å². The number of rotatable bonds is 3. The van der Waals surface area contributed by atoms with Crippen molar-refractivity contribution in [2.75, 3.05) is 0 Å². The molecule has 1 heterocycles. The van der Waals surface area contributed by atoms with Gasteiger partial charge < -0.3 is 9.63 Å². The molecule has 0 aliphatic rings. The van der Waals surface area contributed by atoms with Crippen LogP contribution < -0.4 is 0 Å². The van der Waals surface area contributed by atoms with Gasteiger partial charge in [0.15, 0.2) is 5.82 Å². The minimum absolute atomic E-state index is 0.0215. The number of aromatic nitrogens is 2. The Morgan fingerprint density at radius 1 is 1.47 bits per heavy atom. The molecule has 0 spiro atoms. The lowest BCUT2D eigenvalue weighted by Gasteiger charge is -1.96. The predicted molar refractivity (Wildman–Crippen MR) is 57.0 cm³/mol. The molecule has 0 bridgehead atoms. The summed E-state index contributed by atoms with van der Waals surface area (Å²) in [5.74, 6) is 0.117. The van der Waals surface area contributed by atoms with E-state index in [2.05, 4.69) is 10.1 Å². The van der Waals surface area contributed by atoms with E-state index in [0.29, 0.717) is 0 Å². The Labute approximate surface area is 95.9 Å². The summed E-state index contributed by atoms with van der Waals surface area (Å²) in [4.78, 5) is 14.2. The second-order valence-corrected chi connectivity index (χ2v) is 3.41. The maximum atomic E-state index is 10.8. The number of nitrogens with zero attached hydrogens (tertiary/aromatic N) is 3. The van der Waals surface area contributed by atoms with Crippen LogP contribution in [0.1, 0.15) is 18.9 Å². The highest BCUT2D eigenvalue weighted by Gasteiger charge is 2.20. The van der Waals surface area contributed by atoms with Gasteiger partial charge in [-0.05, 0) is 13.0 Å². The molecular formula is C10H9N3O4. The van der Waals surface area contributed by atoms with Crippen molar-refractivity contribution in [3.63, 3.8) is 0 Å². The largest absolute Gasteiger partial charge is 0.385 e. The summed E-state index contributed by atoms with van der Waals surface area (Å²) in [7, 11) is 0. The third-order valence-electron chi connectivity index (χ3n) is 2.15. The van der Waals surface area contributed by atoms with Crippen molar-refractivity contribution >= 4 is 5.69 Å². The van der Waals surface area contributed by atoms with Crippen molar-refractivity contribution in [1.82, 2.24) is 10.1 Å². The number of aliphatic hydroxyl groups excluding tert-OH is 1. The van der Waals surface area contributed by atoms with E-state index in [0.717, 1.165) is 0 Å². The molecule has 0 radical (unpaired) electrons. The van der Waals surface area contributed by atoms with Crippen LogP contribution in [0.3, 0.4) is 0 Å². The molecule has 1 atom stereocenters. The molecule has 88 valence electrons. The van der Waals surface area contributed by atoms with Crippen LogP contribution in [0.5, 0.6) is 0 Å². The summed E-state index contributed by atoms with van der Waals surface area (Å²) in [5, 5.41) is 23.6. The average molecular weight is 235 g/mol. The second-order valence-electron chi connectivity index (χ2n) is 3.41. The lowest BCUT2D eigenvalue weighted by Crippen LogP contribution is -1.94. The summed E-state index contributed by atoms with van der Waals surface area (Å²) in [5.41, 5.74) is 0.116. The van der Waals surface area contributed by atoms with Crippen molar-refractivity contribution in [3.8, 4) is 11.5 Å². The first-order valence-corrected chi connectivity index (χ1v) is 4.85. The van der Waals surface area contributed by atoms with Gasteiger partial charge in [0, 0.05) is 6.07 Å². The number of aliphatic hydroxyl groups is 1. The zero-order chi connectivity index (χ0) is 12.4. The molecule has 7 nitrogen and oxygen atoms in total. The first-order valence-electron chi connectivity index (χ1n) is 4.85. The van der Waals surface area contributed by atoms with Gasteiger partial charge >= 0.3 is 0 Å². The zero-order valence-corrected chi connectivity index (χ0v) is 8.90. The highest BCUT2D eigenvalue weighted by molar-refractivity contribution is 5.66. The number of hydrogen-bond donors (Lipinski definition) is 1. The third kappa shape index (κ3) is 2.13. The first kappa shape index (κ1) is 11.2. The third-order valence-corrected chi connectivity index (χ3v) is 2.15. The summed E-state index contributed by atoms with van der Waals surface area (Å²) in [6.07, 6.45) is -0.879. The fraction of sp³-hybridized carbons (Fsp3) is 0.200. The number of para-hydroxylation sites is 1. The van der Waals surface area contributed by atoms with E-state index in [1.807, 2.05) is 0 Å². The highest BCUT2D eigenvalue weighted by atomic mass is 16.6. The first-order chi connectivity index (χ1) is 8.09. The van der Waals surface area contributed by atoms with E-state index in [-0.39, 0.29) is 23.0 Å². The van der Waals surface area contributed by atoms with Crippen molar-refractivity contribution < 1.29 is 14.6 Å². The Morgan fingerprint density at radius 2 is 2.18 bits per heavy atom. The molecule has 2 rings (SSSR count). The molecule has 0 amide bonds. The molecule has 2 aromatic rings. The number of hydrogen-bond acceptors (Lipinski definition) is 6. The minimum atomic E-state index is -0.879. The van der Waals surface area contributed by atoms with Crippen LogP contribution in [0.15, 0.2) is 28.8 Å². The fourth-order valence-corrected chi connectivity index (χ4v) is 1.33. The normalized spacial score (nSPS) is 12.4. The van der Waals surface area contributed by atoms with Gasteiger partial charge in [-0.25, -0.2) is 0 Å². The van der Waals surface area contributed by atoms with E-state index in [1.54, 1.807) is 12.1 Å². The van der Waals surface area contributed by atoms with E-state index in [1.165, 1.54) is 19.1 Å². The SMILES string of the molecule is CC(O)c1noc(-c2ccccc2[N+](=O)[O-])n1. The molecule has 0 aliphatic heterocycles. The van der Waals surface area contributed by atoms with E-state index in [9.17, 15) is 15.2 Å². The summed E-state index contributed by atoms with van der Waals surface area (Å²) in [6.45, 7) is 1.48. The maximum absolute atomic E-state index is 10.8. The zero-order valence-electron chi connectivity index (χ0n) is 8.90. The van der Waals surface area contributed by atoms with Gasteiger partial charge in [-0.15, -0.1) is 0 Å². The van der Waals surface area contributed by atoms with Crippen molar-refractivity contribution in [1.29, 1.82) is 0 Å². The molecule has 1 aromatic heterocycles. The lowest BCUT2D eigenvalue weighted by molar-refractivity contribution is -0.384. The topological polar surface area (TPSA) is 102 Å². The Balaban J connectivity index is 2.49. The van der Waals surface area contributed by atoms with E-state index >= 15 is 0 Å². The van der Waals surface area contributed by atoms with Gasteiger partial charge in [0.1, 0.15) is 11.7 Å². The van der Waals surface area contributed by atoms with Gasteiger partial charge in [0.05, 0.1) is 4.92 Å². The smallest absolute Gasteiger partial charge is 0.282 e. The van der Waals surface area contributed by atoms with Gasteiger partial charge in [-0.1, -0.05) is 17.3 Å². The summed E-state index contributed by atoms with van der Waals surface area (Å²) in [6, 6.07) is 6.04. The molecule has 7 heteroatoms. The Bertz CT molecular complexity index is 550. The van der Waals surface area contributed by atoms with Crippen molar-refractivity contribution in [2.24, 2.45) is 0 Å². The molecule has 0 fully saturated rings. The molecule has 1 unspecified atom stereocenters. The Hall–Kier alpha value is -2.28. The minimum Gasteiger partial charge on any atom is -0.385 e. The molecule has 0 saturated heterocycles. The molecule has 17 heavy (non-hydrogen) atoms. The van der Waals surface area contributed by atoms with Crippen LogP contribution in [-0.2, 0) is 0 Å². The molecule has 0 aliphatic carbocycles. The quantitative estimate of drug-likeness (QED) is 0.641. The van der Waals surface area contributed by atoms with Crippen molar-refractivity contribution in [3.05, 3.63) is 40.2 Å². The molecule has 0 saturated carbocycles. The average Bonchev–Trinajstić information content (AvgIpc) is 2.78. The number of benzene rings is 1. The molecule has 1 N–H and O–H groups in total. The van der Waals surface area contributed by atoms with Gasteiger partial charge in [0.25, 0.3) is 11.6 Å². The van der Waals surface area contributed by atoms with E-state index in [4.69, 9.17) is 4.52 Å². The summed E-state index contributed by atoms with van der Waals surface area (Å²) < 4.78 is 4.88. The molecular weight excluding hydrogens is 226 g/mol. The monoisotopic (exact) mass is 235 g/mol. The standard InChI is InChI=1S/C10H9N3O4/c1-6(14)9-11-10(17-12-9)7-4-2-3-5-8(7)13(15)16/h2-6,14H,1H3. The number of nitro groups is 1. The van der Waals surface area contributed by atoms with Crippen LogP contribution >= 0.6 is 0 Å². The Kier molecular flexibility index (Phi) is 2.84. The van der Waals surface area contributed by atoms with Crippen LogP contribution in [0, 0.1) is 10.1 Å². The van der Waals surface area contributed by atoms with Gasteiger partial charge in [0.2, 0.25) is 0 Å². The highest BCUT2D eigenvalue weighted by Crippen LogP contribution is 2.28. The van der Waals surface area contributed by atoms with Crippen LogP contribution in [-0.4, -0.2) is 20.2 Å². The van der Waals surface area contributed by atoms with Gasteiger partial charge in [-0.2, -0.15) is 4.98 Å². The fourth-order valence-electron chi connectivity index (χ4n) is 1.33. The Morgan fingerprint density at radius 3 is 2.76 bits per heavy atom. The second kappa shape index (κ2) is 4.30. The molecule has 1 aromatic carbocycles. The van der Waals surface area contributed by atoms with Crippen LogP contribution in [0.2, 0.25) is 0 Å².